The van der Waals surface area contributed by atoms with Crippen LogP contribution in [0.3, 0.4) is 0 Å². The van der Waals surface area contributed by atoms with Gasteiger partial charge in [0.1, 0.15) is 5.75 Å². The van der Waals surface area contributed by atoms with Gasteiger partial charge in [-0.15, -0.1) is 0 Å². The molecule has 0 radical (unpaired) electrons. The molecule has 18 heavy (non-hydrogen) atoms. The van der Waals surface area contributed by atoms with Crippen LogP contribution >= 0.6 is 11.6 Å². The predicted molar refractivity (Wildman–Crippen MR) is 71.2 cm³/mol. The van der Waals surface area contributed by atoms with Gasteiger partial charge >= 0.3 is 5.97 Å². The average Bonchev–Trinajstić information content (AvgIpc) is 2.31. The molecule has 0 aliphatic rings. The Kier molecular flexibility index (Phi) is 5.95. The third-order valence-corrected chi connectivity index (χ3v) is 2.93. The first-order chi connectivity index (χ1) is 8.58. The summed E-state index contributed by atoms with van der Waals surface area (Å²) in [7, 11) is 1.58. The summed E-state index contributed by atoms with van der Waals surface area (Å²) in [5, 5.41) is 9.48. The molecular weight excluding hydrogens is 254 g/mol. The van der Waals surface area contributed by atoms with Gasteiger partial charge in [0.25, 0.3) is 0 Å². The number of rotatable bonds is 7. The second-order valence-corrected chi connectivity index (χ2v) is 4.43. The molecule has 0 aromatic heterocycles. The van der Waals surface area contributed by atoms with Crippen LogP contribution in [0.25, 0.3) is 0 Å². The van der Waals surface area contributed by atoms with Gasteiger partial charge in [-0.25, -0.2) is 0 Å². The molecular formula is C13H18ClNO3. The van der Waals surface area contributed by atoms with Gasteiger partial charge in [-0.2, -0.15) is 0 Å². The predicted octanol–water partition coefficient (Wildman–Crippen LogP) is 2.65. The smallest absolute Gasteiger partial charge is 0.317 e. The van der Waals surface area contributed by atoms with E-state index < -0.39 is 5.97 Å². The number of hydrogen-bond donors (Lipinski definition) is 1. The van der Waals surface area contributed by atoms with Crippen molar-refractivity contribution in [2.24, 2.45) is 0 Å². The van der Waals surface area contributed by atoms with Gasteiger partial charge < -0.3 is 9.84 Å². The SMILES string of the molecule is CCCN(CC(=O)O)Cc1c(Cl)cccc1OC. The lowest BCUT2D eigenvalue weighted by atomic mass is 10.1. The maximum Gasteiger partial charge on any atom is 0.317 e. The Labute approximate surface area is 112 Å². The van der Waals surface area contributed by atoms with Crippen LogP contribution in [0, 0.1) is 0 Å². The number of nitrogens with zero attached hydrogens (tertiary/aromatic N) is 1. The Balaban J connectivity index is 2.88. The van der Waals surface area contributed by atoms with Crippen LogP contribution < -0.4 is 4.74 Å². The van der Waals surface area contributed by atoms with Crippen LogP contribution in [0.1, 0.15) is 18.9 Å². The van der Waals surface area contributed by atoms with E-state index in [1.807, 2.05) is 24.0 Å². The first-order valence-corrected chi connectivity index (χ1v) is 6.21. The molecule has 0 heterocycles. The van der Waals surface area contributed by atoms with Crippen molar-refractivity contribution in [3.05, 3.63) is 28.8 Å². The summed E-state index contributed by atoms with van der Waals surface area (Å²) in [4.78, 5) is 12.6. The van der Waals surface area contributed by atoms with E-state index in [0.717, 1.165) is 12.0 Å². The topological polar surface area (TPSA) is 49.8 Å². The normalized spacial score (nSPS) is 10.7. The molecule has 1 rings (SSSR count). The summed E-state index contributed by atoms with van der Waals surface area (Å²) in [5.41, 5.74) is 0.830. The van der Waals surface area contributed by atoms with Crippen LogP contribution in [0.4, 0.5) is 0 Å². The molecule has 0 atom stereocenters. The molecule has 0 spiro atoms. The number of benzene rings is 1. The quantitative estimate of drug-likeness (QED) is 0.828. The van der Waals surface area contributed by atoms with Crippen molar-refractivity contribution in [3.8, 4) is 5.75 Å². The molecule has 0 saturated heterocycles. The summed E-state index contributed by atoms with van der Waals surface area (Å²) >= 11 is 6.13. The van der Waals surface area contributed by atoms with Crippen LogP contribution in [0.2, 0.25) is 5.02 Å². The highest BCUT2D eigenvalue weighted by Gasteiger charge is 2.14. The first-order valence-electron chi connectivity index (χ1n) is 5.84. The van der Waals surface area contributed by atoms with Gasteiger partial charge in [0.2, 0.25) is 0 Å². The molecule has 0 bridgehead atoms. The van der Waals surface area contributed by atoms with Crippen molar-refractivity contribution in [3.63, 3.8) is 0 Å². The van der Waals surface area contributed by atoms with Crippen molar-refractivity contribution >= 4 is 17.6 Å². The third kappa shape index (κ3) is 4.20. The molecule has 1 aromatic carbocycles. The minimum absolute atomic E-state index is 0.00220. The van der Waals surface area contributed by atoms with Crippen molar-refractivity contribution in [2.45, 2.75) is 19.9 Å². The van der Waals surface area contributed by atoms with E-state index in [1.54, 1.807) is 13.2 Å². The molecule has 100 valence electrons. The largest absolute Gasteiger partial charge is 0.496 e. The third-order valence-electron chi connectivity index (χ3n) is 2.58. The van der Waals surface area contributed by atoms with Crippen molar-refractivity contribution in [1.29, 1.82) is 0 Å². The Hall–Kier alpha value is -1.26. The molecule has 0 unspecified atom stereocenters. The van der Waals surface area contributed by atoms with E-state index in [0.29, 0.717) is 23.9 Å². The summed E-state index contributed by atoms with van der Waals surface area (Å²) in [6, 6.07) is 5.42. The number of hydrogen-bond acceptors (Lipinski definition) is 3. The molecule has 5 heteroatoms. The summed E-state index contributed by atoms with van der Waals surface area (Å²) in [6.07, 6.45) is 0.889. The zero-order valence-electron chi connectivity index (χ0n) is 10.6. The number of carbonyl (C=O) groups is 1. The van der Waals surface area contributed by atoms with E-state index in [2.05, 4.69) is 0 Å². The Morgan fingerprint density at radius 1 is 1.50 bits per heavy atom. The first kappa shape index (κ1) is 14.8. The average molecular weight is 272 g/mol. The highest BCUT2D eigenvalue weighted by atomic mass is 35.5. The Morgan fingerprint density at radius 3 is 2.78 bits per heavy atom. The standard InChI is InChI=1S/C13H18ClNO3/c1-3-7-15(9-13(16)17)8-10-11(14)5-4-6-12(10)18-2/h4-6H,3,7-9H2,1-2H3,(H,16,17). The van der Waals surface area contributed by atoms with E-state index in [9.17, 15) is 4.79 Å². The highest BCUT2D eigenvalue weighted by molar-refractivity contribution is 6.31. The summed E-state index contributed by atoms with van der Waals surface area (Å²) < 4.78 is 5.25. The van der Waals surface area contributed by atoms with Gasteiger partial charge in [0.05, 0.1) is 13.7 Å². The van der Waals surface area contributed by atoms with Crippen molar-refractivity contribution in [1.82, 2.24) is 4.90 Å². The lowest BCUT2D eigenvalue weighted by Crippen LogP contribution is -2.30. The maximum absolute atomic E-state index is 10.8. The van der Waals surface area contributed by atoms with Gasteiger partial charge in [-0.1, -0.05) is 24.6 Å². The molecule has 0 aliphatic heterocycles. The molecule has 0 aliphatic carbocycles. The fourth-order valence-corrected chi connectivity index (χ4v) is 2.05. The molecule has 0 amide bonds. The van der Waals surface area contributed by atoms with Crippen LogP contribution in [0.5, 0.6) is 5.75 Å². The van der Waals surface area contributed by atoms with E-state index >= 15 is 0 Å². The van der Waals surface area contributed by atoms with Crippen LogP contribution in [0.15, 0.2) is 18.2 Å². The number of ether oxygens (including phenoxy) is 1. The molecule has 1 N–H and O–H groups in total. The molecule has 0 saturated carbocycles. The van der Waals surface area contributed by atoms with Gasteiger partial charge in [-0.05, 0) is 25.1 Å². The highest BCUT2D eigenvalue weighted by Crippen LogP contribution is 2.27. The van der Waals surface area contributed by atoms with Crippen molar-refractivity contribution < 1.29 is 14.6 Å². The zero-order valence-corrected chi connectivity index (χ0v) is 11.4. The van der Waals surface area contributed by atoms with Crippen LogP contribution in [-0.2, 0) is 11.3 Å². The number of halogens is 1. The monoisotopic (exact) mass is 271 g/mol. The Bertz CT molecular complexity index is 409. The van der Waals surface area contributed by atoms with E-state index in [4.69, 9.17) is 21.4 Å². The zero-order chi connectivity index (χ0) is 13.5. The number of methoxy groups -OCH3 is 1. The van der Waals surface area contributed by atoms with E-state index in [1.165, 1.54) is 0 Å². The van der Waals surface area contributed by atoms with Gasteiger partial charge in [0.15, 0.2) is 0 Å². The van der Waals surface area contributed by atoms with Crippen molar-refractivity contribution in [2.75, 3.05) is 20.2 Å². The minimum Gasteiger partial charge on any atom is -0.496 e. The summed E-state index contributed by atoms with van der Waals surface area (Å²) in [6.45, 7) is 3.20. The van der Waals surface area contributed by atoms with Gasteiger partial charge in [0, 0.05) is 17.1 Å². The van der Waals surface area contributed by atoms with E-state index in [-0.39, 0.29) is 6.54 Å². The molecule has 1 aromatic rings. The summed E-state index contributed by atoms with van der Waals surface area (Å²) in [5.74, 6) is -0.150. The number of carboxylic acid groups (broad SMARTS) is 1. The molecule has 0 fully saturated rings. The Morgan fingerprint density at radius 2 is 2.22 bits per heavy atom. The second kappa shape index (κ2) is 7.24. The molecule has 4 nitrogen and oxygen atoms in total. The lowest BCUT2D eigenvalue weighted by molar-refractivity contribution is -0.138. The van der Waals surface area contributed by atoms with Gasteiger partial charge in [-0.3, -0.25) is 9.69 Å². The number of aliphatic carboxylic acids is 1. The second-order valence-electron chi connectivity index (χ2n) is 4.03. The van der Waals surface area contributed by atoms with Crippen LogP contribution in [-0.4, -0.2) is 36.2 Å². The number of carboxylic acids is 1. The maximum atomic E-state index is 10.8. The lowest BCUT2D eigenvalue weighted by Gasteiger charge is -2.21. The fraction of sp³-hybridized carbons (Fsp3) is 0.462. The fourth-order valence-electron chi connectivity index (χ4n) is 1.83. The minimum atomic E-state index is -0.838.